The number of nitro groups is 2. The number of rotatable bonds is 10. The Balaban J connectivity index is 0.000000224. The van der Waals surface area contributed by atoms with E-state index in [-0.39, 0.29) is 82.1 Å². The van der Waals surface area contributed by atoms with E-state index >= 15 is 0 Å². The van der Waals surface area contributed by atoms with Crippen molar-refractivity contribution < 1.29 is 55.4 Å². The molecule has 3 aliphatic rings. The number of carbonyl (C=O) groups excluding carboxylic acids is 2. The van der Waals surface area contributed by atoms with E-state index in [9.17, 15) is 44.4 Å². The van der Waals surface area contributed by atoms with Gasteiger partial charge in [0.05, 0.1) is 15.3 Å². The molecule has 4 aromatic rings. The van der Waals surface area contributed by atoms with Crippen LogP contribution in [0.3, 0.4) is 0 Å². The molecule has 0 fully saturated rings. The predicted octanol–water partition coefficient (Wildman–Crippen LogP) is 7.77. The second-order valence-electron chi connectivity index (χ2n) is 14.9. The van der Waals surface area contributed by atoms with Gasteiger partial charge in [0.2, 0.25) is 5.69 Å². The maximum atomic E-state index is 13.9. The van der Waals surface area contributed by atoms with E-state index in [1.54, 1.807) is 26.0 Å². The summed E-state index contributed by atoms with van der Waals surface area (Å²) < 4.78 is 16.1. The smallest absolute Gasteiger partial charge is 0.319 e. The fourth-order valence-electron chi connectivity index (χ4n) is 7.03. The maximum Gasteiger partial charge on any atom is 0.319 e. The third-order valence-electron chi connectivity index (χ3n) is 10.7. The van der Waals surface area contributed by atoms with Gasteiger partial charge in [0.25, 0.3) is 0 Å². The summed E-state index contributed by atoms with van der Waals surface area (Å²) in [4.78, 5) is 51.9. The van der Waals surface area contributed by atoms with Crippen molar-refractivity contribution >= 4 is 78.8 Å². The monoisotopic (exact) mass is 996 g/mol. The zero-order valence-electron chi connectivity index (χ0n) is 37.5. The average molecular weight is 997 g/mol. The van der Waals surface area contributed by atoms with Crippen LogP contribution in [0, 0.1) is 33.0 Å². The zero-order valence-corrected chi connectivity index (χ0v) is 40.2. The number of aliphatic hydroxyl groups is 2. The topological polar surface area (TPSA) is 245 Å². The van der Waals surface area contributed by atoms with Gasteiger partial charge in [-0.2, -0.15) is 4.58 Å². The summed E-state index contributed by atoms with van der Waals surface area (Å²) in [7, 11) is 2.08. The Hall–Kier alpha value is -7.01. The van der Waals surface area contributed by atoms with E-state index in [0.29, 0.717) is 11.1 Å². The number of nitrogens with zero attached hydrogens (tertiary/aromatic N) is 10. The summed E-state index contributed by atoms with van der Waals surface area (Å²) in [6.45, 7) is 16.1. The van der Waals surface area contributed by atoms with Gasteiger partial charge in [0.15, 0.2) is 17.3 Å². The third kappa shape index (κ3) is 12.7. The van der Waals surface area contributed by atoms with E-state index < -0.39 is 9.85 Å². The number of hydrogen-bond donors (Lipinski definition) is 2. The molecule has 2 aromatic carbocycles. The van der Waals surface area contributed by atoms with Gasteiger partial charge in [-0.05, 0) is 113 Å². The molecule has 0 saturated carbocycles. The predicted molar refractivity (Wildman–Crippen MR) is 252 cm³/mol. The normalized spacial score (nSPS) is 18.3. The molecule has 0 saturated heterocycles. The van der Waals surface area contributed by atoms with Crippen LogP contribution >= 0.6 is 22.7 Å². The number of halogens is 1. The largest absolute Gasteiger partial charge is 0.506 e. The molecule has 0 amide bonds. The van der Waals surface area contributed by atoms with E-state index in [4.69, 9.17) is 0 Å². The fraction of sp³-hybridized carbons (Fsp3) is 0.267. The van der Waals surface area contributed by atoms with Gasteiger partial charge in [-0.25, -0.2) is 4.39 Å². The number of allylic oxidation sites excluding steroid dienone is 7. The van der Waals surface area contributed by atoms with Crippen molar-refractivity contribution in [2.75, 3.05) is 25.0 Å². The molecule has 2 aliphatic carbocycles. The van der Waals surface area contributed by atoms with Crippen LogP contribution in [-0.4, -0.2) is 73.5 Å². The van der Waals surface area contributed by atoms with E-state index in [0.717, 1.165) is 78.0 Å². The number of thiazole rings is 2. The molecule has 0 bridgehead atoms. The molecule has 1 atom stereocenters. The van der Waals surface area contributed by atoms with Gasteiger partial charge in [-0.1, -0.05) is 35.7 Å². The first-order valence-electron chi connectivity index (χ1n) is 20.3. The van der Waals surface area contributed by atoms with Gasteiger partial charge < -0.3 is 35.3 Å². The number of aliphatic hydroxyl groups excluding tert-OH is 2. The van der Waals surface area contributed by atoms with Crippen LogP contribution in [0.4, 0.5) is 25.8 Å². The third-order valence-corrected chi connectivity index (χ3v) is 12.3. The summed E-state index contributed by atoms with van der Waals surface area (Å²) in [5, 5.41) is 54.7. The molecule has 353 valence electrons. The Kier molecular flexibility index (Phi) is 18.0. The first kappa shape index (κ1) is 52.6. The van der Waals surface area contributed by atoms with Gasteiger partial charge in [-0.15, -0.1) is 0 Å². The number of anilines is 1. The number of aryl methyl sites for hydroxylation is 1. The molecule has 0 spiro atoms. The number of fused-ring (bicyclic) bond motifs is 1. The average Bonchev–Trinajstić information content (AvgIpc) is 3.99. The SMILES string of the molecule is CC1=CC(=O)C=C(O)C1=NN=c1[n-]cc([N+](=O)[O-])s1.CC1=CC(=O)C=C(O)C1=NN=c1[n-]cc([N+](=O)[O-])s1.CCN(CC)c1ccc(/C=C/C2=[N+](C)c3ccc(F)cc3C2(C)CC)c(C)c1.[Co]. The molecule has 1 aliphatic heterocycles. The molecular formula is C45H46CoFN10O8S2-. The molecule has 2 N–H and O–H groups in total. The van der Waals surface area contributed by atoms with Crippen molar-refractivity contribution in [3.05, 3.63) is 154 Å². The molecular weight excluding hydrogens is 951 g/mol. The molecule has 7 rings (SSSR count). The Bertz CT molecular complexity index is 2830. The van der Waals surface area contributed by atoms with Gasteiger partial charge >= 0.3 is 10.0 Å². The Morgan fingerprint density at radius 1 is 0.791 bits per heavy atom. The first-order chi connectivity index (χ1) is 31.3. The van der Waals surface area contributed by atoms with Crippen molar-refractivity contribution in [3.63, 3.8) is 0 Å². The second-order valence-corrected chi connectivity index (χ2v) is 16.9. The first-order valence-corrected chi connectivity index (χ1v) is 21.9. The van der Waals surface area contributed by atoms with E-state index in [1.165, 1.54) is 34.7 Å². The zero-order chi connectivity index (χ0) is 48.5. The molecule has 67 heavy (non-hydrogen) atoms. The number of hydrogen-bond acceptors (Lipinski definition) is 15. The maximum absolute atomic E-state index is 13.9. The van der Waals surface area contributed by atoms with Crippen LogP contribution in [0.15, 0.2) is 122 Å². The summed E-state index contributed by atoms with van der Waals surface area (Å²) in [5.74, 6) is -1.42. The van der Waals surface area contributed by atoms with E-state index in [2.05, 4.69) is 112 Å². The van der Waals surface area contributed by atoms with Crippen LogP contribution in [-0.2, 0) is 31.8 Å². The minimum atomic E-state index is -0.578. The van der Waals surface area contributed by atoms with Crippen molar-refractivity contribution in [1.29, 1.82) is 0 Å². The molecule has 1 unspecified atom stereocenters. The summed E-state index contributed by atoms with van der Waals surface area (Å²) >= 11 is 1.52. The van der Waals surface area contributed by atoms with Crippen LogP contribution in [0.1, 0.15) is 64.7 Å². The molecule has 18 nitrogen and oxygen atoms in total. The van der Waals surface area contributed by atoms with Crippen molar-refractivity contribution in [2.45, 2.75) is 60.3 Å². The summed E-state index contributed by atoms with van der Waals surface area (Å²) in [6, 6.07) is 11.8. The number of aromatic nitrogens is 2. The van der Waals surface area contributed by atoms with Crippen LogP contribution in [0.25, 0.3) is 6.08 Å². The van der Waals surface area contributed by atoms with Crippen LogP contribution < -0.4 is 24.5 Å². The van der Waals surface area contributed by atoms with Gasteiger partial charge in [-0.3, -0.25) is 40.0 Å². The molecule has 22 heteroatoms. The number of benzene rings is 2. The summed E-state index contributed by atoms with van der Waals surface area (Å²) in [5.41, 5.74) is 8.15. The Labute approximate surface area is 402 Å². The number of ketones is 2. The Morgan fingerprint density at radius 3 is 1.72 bits per heavy atom. The van der Waals surface area contributed by atoms with Crippen molar-refractivity contribution in [2.24, 2.45) is 20.4 Å². The van der Waals surface area contributed by atoms with Crippen LogP contribution in [0.5, 0.6) is 0 Å². The molecule has 3 heterocycles. The van der Waals surface area contributed by atoms with E-state index in [1.807, 2.05) is 6.07 Å². The van der Waals surface area contributed by atoms with Crippen LogP contribution in [0.2, 0.25) is 0 Å². The van der Waals surface area contributed by atoms with Gasteiger partial charge in [0.1, 0.15) is 35.8 Å². The van der Waals surface area contributed by atoms with Crippen molar-refractivity contribution in [3.8, 4) is 0 Å². The van der Waals surface area contributed by atoms with Crippen molar-refractivity contribution in [1.82, 2.24) is 9.97 Å². The summed E-state index contributed by atoms with van der Waals surface area (Å²) in [6.07, 6.45) is 12.1. The van der Waals surface area contributed by atoms with Gasteiger partial charge in [0, 0.05) is 87.4 Å². The standard InChI is InChI=1S/C25H32FN2.2C10H8N4O4S.Co/c1-7-25(5)22-17-20(26)12-14-23(22)27(6)24(25)15-11-19-10-13-21(16-18(19)4)28(8-2)9-3;2*1-5-2-6(15)3-7(16)9(5)12-13-10-11-4-8(19-10)14(17)18;/h10-17H,7-9H2,1-6H3;2*2-4H,1H3,(H2,11,13,15,16);/q+1;;;/p-2. The number of carbonyl (C=O) groups is 2. The Morgan fingerprint density at radius 2 is 1.30 bits per heavy atom. The molecule has 2 aromatic heterocycles. The minimum Gasteiger partial charge on any atom is -0.506 e. The second kappa shape index (κ2) is 22.9. The molecule has 1 radical (unpaired) electrons. The quantitative estimate of drug-likeness (QED) is 0.0673. The minimum absolute atomic E-state index is 0. The fourth-order valence-corrected chi connectivity index (χ4v) is 8.13.